The third kappa shape index (κ3) is 3.62. The second-order valence-corrected chi connectivity index (χ2v) is 7.13. The average Bonchev–Trinajstić information content (AvgIpc) is 3.17. The van der Waals surface area contributed by atoms with Gasteiger partial charge in [0.1, 0.15) is 0 Å². The zero-order valence-corrected chi connectivity index (χ0v) is 13.8. The first kappa shape index (κ1) is 14.5. The van der Waals surface area contributed by atoms with Crippen LogP contribution in [0.15, 0.2) is 53.9 Å². The number of rotatable bonds is 6. The third-order valence-electron chi connectivity index (χ3n) is 3.52. The molecule has 1 N–H and O–H groups in total. The zero-order valence-electron chi connectivity index (χ0n) is 12.1. The molecular formula is C18H19NS2. The molecule has 0 amide bonds. The second kappa shape index (κ2) is 7.03. The lowest BCUT2D eigenvalue weighted by molar-refractivity contribution is 0.704. The molecule has 2 aromatic heterocycles. The highest BCUT2D eigenvalue weighted by molar-refractivity contribution is 7.15. The van der Waals surface area contributed by atoms with Crippen molar-refractivity contribution in [3.63, 3.8) is 0 Å². The molecule has 0 spiro atoms. The van der Waals surface area contributed by atoms with E-state index in [1.54, 1.807) is 0 Å². The normalized spacial score (nSPS) is 10.9. The zero-order chi connectivity index (χ0) is 14.5. The number of hydrogen-bond donors (Lipinski definition) is 1. The summed E-state index contributed by atoms with van der Waals surface area (Å²) in [4.78, 5) is 4.21. The quantitative estimate of drug-likeness (QED) is 0.648. The Hall–Kier alpha value is -1.42. The van der Waals surface area contributed by atoms with Crippen LogP contribution in [0, 0.1) is 0 Å². The van der Waals surface area contributed by atoms with Gasteiger partial charge in [-0.3, -0.25) is 0 Å². The minimum Gasteiger partial charge on any atom is -0.307 e. The Kier molecular flexibility index (Phi) is 4.86. The summed E-state index contributed by atoms with van der Waals surface area (Å²) >= 11 is 3.73. The van der Waals surface area contributed by atoms with E-state index < -0.39 is 0 Å². The van der Waals surface area contributed by atoms with Crippen molar-refractivity contribution in [1.29, 1.82) is 0 Å². The maximum atomic E-state index is 3.56. The van der Waals surface area contributed by atoms with Gasteiger partial charge in [-0.1, -0.05) is 37.3 Å². The van der Waals surface area contributed by atoms with Gasteiger partial charge in [-0.2, -0.15) is 0 Å². The van der Waals surface area contributed by atoms with E-state index in [0.29, 0.717) is 0 Å². The molecule has 0 atom stereocenters. The fourth-order valence-electron chi connectivity index (χ4n) is 2.37. The highest BCUT2D eigenvalue weighted by Crippen LogP contribution is 2.27. The summed E-state index contributed by atoms with van der Waals surface area (Å²) in [6.07, 6.45) is 1.12. The molecular weight excluding hydrogens is 294 g/mol. The van der Waals surface area contributed by atoms with Gasteiger partial charge in [0.2, 0.25) is 0 Å². The van der Waals surface area contributed by atoms with Crippen LogP contribution in [0.2, 0.25) is 0 Å². The van der Waals surface area contributed by atoms with Gasteiger partial charge in [0.25, 0.3) is 0 Å². The molecule has 3 rings (SSSR count). The molecule has 0 aliphatic carbocycles. The molecule has 0 bridgehead atoms. The van der Waals surface area contributed by atoms with Crippen molar-refractivity contribution in [1.82, 2.24) is 5.32 Å². The van der Waals surface area contributed by atoms with Crippen molar-refractivity contribution in [2.24, 2.45) is 0 Å². The summed E-state index contributed by atoms with van der Waals surface area (Å²) in [5.74, 6) is 0. The van der Waals surface area contributed by atoms with E-state index in [0.717, 1.165) is 19.5 Å². The second-order valence-electron chi connectivity index (χ2n) is 4.96. The van der Waals surface area contributed by atoms with Gasteiger partial charge in [-0.15, -0.1) is 22.7 Å². The molecule has 21 heavy (non-hydrogen) atoms. The van der Waals surface area contributed by atoms with E-state index >= 15 is 0 Å². The minimum atomic E-state index is 0.943. The van der Waals surface area contributed by atoms with Crippen molar-refractivity contribution in [2.75, 3.05) is 0 Å². The van der Waals surface area contributed by atoms with Gasteiger partial charge in [-0.25, -0.2) is 0 Å². The molecule has 0 aliphatic heterocycles. The van der Waals surface area contributed by atoms with Gasteiger partial charge in [0.05, 0.1) is 0 Å². The number of hydrogen-bond acceptors (Lipinski definition) is 3. The minimum absolute atomic E-state index is 0.943. The van der Waals surface area contributed by atoms with Crippen molar-refractivity contribution in [2.45, 2.75) is 26.4 Å². The lowest BCUT2D eigenvalue weighted by atomic mass is 10.2. The smallest absolute Gasteiger partial charge is 0.0346 e. The SMILES string of the molecule is CCc1ccsc1CNCc1ccc(-c2ccccc2)s1. The Morgan fingerprint density at radius 2 is 1.81 bits per heavy atom. The van der Waals surface area contributed by atoms with Gasteiger partial charge < -0.3 is 5.32 Å². The van der Waals surface area contributed by atoms with Crippen LogP contribution in [0.25, 0.3) is 10.4 Å². The van der Waals surface area contributed by atoms with Gasteiger partial charge in [0.15, 0.2) is 0 Å². The molecule has 3 aromatic rings. The molecule has 1 aromatic carbocycles. The Morgan fingerprint density at radius 3 is 2.62 bits per heavy atom. The molecule has 2 heterocycles. The molecule has 108 valence electrons. The van der Waals surface area contributed by atoms with Crippen LogP contribution in [-0.4, -0.2) is 0 Å². The Balaban J connectivity index is 1.58. The van der Waals surface area contributed by atoms with E-state index in [1.165, 1.54) is 25.8 Å². The molecule has 0 saturated heterocycles. The van der Waals surface area contributed by atoms with Gasteiger partial charge >= 0.3 is 0 Å². The highest BCUT2D eigenvalue weighted by Gasteiger charge is 2.04. The predicted octanol–water partition coefficient (Wildman–Crippen LogP) is 5.33. The van der Waals surface area contributed by atoms with Crippen molar-refractivity contribution < 1.29 is 0 Å². The lowest BCUT2D eigenvalue weighted by Gasteiger charge is -2.03. The van der Waals surface area contributed by atoms with Crippen molar-refractivity contribution in [3.05, 3.63) is 69.2 Å². The lowest BCUT2D eigenvalue weighted by Crippen LogP contribution is -2.11. The summed E-state index contributed by atoms with van der Waals surface area (Å²) in [6.45, 7) is 4.13. The van der Waals surface area contributed by atoms with Crippen LogP contribution in [-0.2, 0) is 19.5 Å². The Bertz CT molecular complexity index is 682. The molecule has 0 unspecified atom stereocenters. The van der Waals surface area contributed by atoms with Gasteiger partial charge in [0, 0.05) is 27.7 Å². The fourth-order valence-corrected chi connectivity index (χ4v) is 4.30. The molecule has 1 nitrogen and oxygen atoms in total. The van der Waals surface area contributed by atoms with Gasteiger partial charge in [-0.05, 0) is 41.1 Å². The summed E-state index contributed by atoms with van der Waals surface area (Å²) in [5.41, 5.74) is 2.78. The Labute approximate surface area is 134 Å². The first-order valence-electron chi connectivity index (χ1n) is 7.27. The summed E-state index contributed by atoms with van der Waals surface area (Å²) in [6, 6.07) is 17.3. The Morgan fingerprint density at radius 1 is 0.952 bits per heavy atom. The standard InChI is InChI=1S/C18H19NS2/c1-2-14-10-11-20-18(14)13-19-12-16-8-9-17(21-16)15-6-4-3-5-7-15/h3-11,19H,2,12-13H2,1H3. The average molecular weight is 313 g/mol. The number of aryl methyl sites for hydroxylation is 1. The summed E-state index contributed by atoms with van der Waals surface area (Å²) in [5, 5.41) is 5.75. The predicted molar refractivity (Wildman–Crippen MR) is 94.0 cm³/mol. The molecule has 0 fully saturated rings. The first-order valence-corrected chi connectivity index (χ1v) is 8.96. The van der Waals surface area contributed by atoms with E-state index in [2.05, 4.69) is 66.2 Å². The monoisotopic (exact) mass is 313 g/mol. The number of thiophene rings is 2. The molecule has 0 aliphatic rings. The largest absolute Gasteiger partial charge is 0.307 e. The van der Waals surface area contributed by atoms with Crippen molar-refractivity contribution in [3.8, 4) is 10.4 Å². The molecule has 0 saturated carbocycles. The maximum Gasteiger partial charge on any atom is 0.0346 e. The van der Waals surface area contributed by atoms with Crippen LogP contribution in [0.1, 0.15) is 22.2 Å². The summed E-state index contributed by atoms with van der Waals surface area (Å²) in [7, 11) is 0. The van der Waals surface area contributed by atoms with E-state index in [-0.39, 0.29) is 0 Å². The third-order valence-corrected chi connectivity index (χ3v) is 5.62. The van der Waals surface area contributed by atoms with E-state index in [1.807, 2.05) is 22.7 Å². The number of benzene rings is 1. The molecule has 0 radical (unpaired) electrons. The first-order chi connectivity index (χ1) is 10.4. The fraction of sp³-hybridized carbons (Fsp3) is 0.222. The van der Waals surface area contributed by atoms with Crippen LogP contribution >= 0.6 is 22.7 Å². The van der Waals surface area contributed by atoms with Crippen molar-refractivity contribution >= 4 is 22.7 Å². The summed E-state index contributed by atoms with van der Waals surface area (Å²) < 4.78 is 0. The van der Waals surface area contributed by atoms with Crippen LogP contribution < -0.4 is 5.32 Å². The number of nitrogens with one attached hydrogen (secondary N) is 1. The highest BCUT2D eigenvalue weighted by atomic mass is 32.1. The topological polar surface area (TPSA) is 12.0 Å². The molecule has 3 heteroatoms. The van der Waals surface area contributed by atoms with Crippen LogP contribution in [0.3, 0.4) is 0 Å². The van der Waals surface area contributed by atoms with E-state index in [4.69, 9.17) is 0 Å². The van der Waals surface area contributed by atoms with Crippen LogP contribution in [0.4, 0.5) is 0 Å². The van der Waals surface area contributed by atoms with Crippen LogP contribution in [0.5, 0.6) is 0 Å². The maximum absolute atomic E-state index is 3.56. The van der Waals surface area contributed by atoms with E-state index in [9.17, 15) is 0 Å².